The maximum absolute atomic E-state index is 6.10. The summed E-state index contributed by atoms with van der Waals surface area (Å²) in [6.07, 6.45) is 5.88. The summed E-state index contributed by atoms with van der Waals surface area (Å²) in [6, 6.07) is 0. The molecule has 0 aliphatic carbocycles. The van der Waals surface area contributed by atoms with E-state index in [4.69, 9.17) is 15.0 Å². The van der Waals surface area contributed by atoms with Gasteiger partial charge in [-0.2, -0.15) is 5.10 Å². The summed E-state index contributed by atoms with van der Waals surface area (Å²) in [5.74, 6) is 0. The van der Waals surface area contributed by atoms with Crippen molar-refractivity contribution in [2.75, 3.05) is 19.6 Å². The summed E-state index contributed by atoms with van der Waals surface area (Å²) in [5, 5.41) is 7.95. The Bertz CT molecular complexity index is 521. The molecule has 3 rings (SSSR count). The van der Waals surface area contributed by atoms with Gasteiger partial charge < -0.3 is 20.4 Å². The Morgan fingerprint density at radius 1 is 1.23 bits per heavy atom. The molecule has 0 saturated carbocycles. The molecule has 0 unspecified atom stereocenters. The number of aromatic nitrogens is 2. The minimum Gasteiger partial charge on any atom is -0.399 e. The molecule has 0 radical (unpaired) electrons. The minimum atomic E-state index is -0.365. The van der Waals surface area contributed by atoms with Gasteiger partial charge in [0.2, 0.25) is 0 Å². The fourth-order valence-corrected chi connectivity index (χ4v) is 3.12. The average Bonchev–Trinajstić information content (AvgIpc) is 3.04. The van der Waals surface area contributed by atoms with Crippen molar-refractivity contribution in [3.63, 3.8) is 0 Å². The van der Waals surface area contributed by atoms with Crippen LogP contribution in [0.3, 0.4) is 0 Å². The molecule has 0 atom stereocenters. The Morgan fingerprint density at radius 3 is 2.36 bits per heavy atom. The van der Waals surface area contributed by atoms with Crippen LogP contribution in [0.25, 0.3) is 0 Å². The van der Waals surface area contributed by atoms with E-state index in [0.29, 0.717) is 6.54 Å². The number of hydrogen-bond acceptors (Lipinski definition) is 5. The Morgan fingerprint density at radius 2 is 1.82 bits per heavy atom. The maximum atomic E-state index is 6.10. The van der Waals surface area contributed by atoms with Gasteiger partial charge >= 0.3 is 7.12 Å². The number of piperidine rings is 1. The molecule has 0 aromatic carbocycles. The molecule has 6 nitrogen and oxygen atoms in total. The maximum Gasteiger partial charge on any atom is 0.498 e. The summed E-state index contributed by atoms with van der Waals surface area (Å²) in [7, 11) is -0.365. The third-order valence-corrected chi connectivity index (χ3v) is 5.53. The lowest BCUT2D eigenvalue weighted by Gasteiger charge is -2.36. The molecule has 122 valence electrons. The van der Waals surface area contributed by atoms with E-state index in [1.165, 1.54) is 0 Å². The summed E-state index contributed by atoms with van der Waals surface area (Å²) < 4.78 is 14.2. The predicted octanol–water partition coefficient (Wildman–Crippen LogP) is 0.220. The topological polar surface area (TPSA) is 74.3 Å². The van der Waals surface area contributed by atoms with Gasteiger partial charge in [0.15, 0.2) is 0 Å². The van der Waals surface area contributed by atoms with Crippen LogP contribution >= 0.6 is 0 Å². The lowest BCUT2D eigenvalue weighted by Crippen LogP contribution is -2.49. The Labute approximate surface area is 132 Å². The highest BCUT2D eigenvalue weighted by Gasteiger charge is 2.52. The first kappa shape index (κ1) is 16.0. The van der Waals surface area contributed by atoms with Crippen LogP contribution in [0.4, 0.5) is 0 Å². The van der Waals surface area contributed by atoms with Gasteiger partial charge in [0.1, 0.15) is 0 Å². The molecule has 2 aliphatic rings. The zero-order valence-electron chi connectivity index (χ0n) is 14.1. The van der Waals surface area contributed by atoms with E-state index < -0.39 is 0 Å². The Balaban J connectivity index is 1.83. The second-order valence-electron chi connectivity index (χ2n) is 7.48. The molecular formula is C15H27BN4O2. The first-order valence-electron chi connectivity index (χ1n) is 8.11. The third kappa shape index (κ3) is 2.50. The molecule has 0 spiro atoms. The SMILES string of the molecule is CC1(C)OB(c2cnn(C3(CN)CCNCC3)c2)OC1(C)C. The van der Waals surface area contributed by atoms with E-state index in [2.05, 4.69) is 38.1 Å². The largest absolute Gasteiger partial charge is 0.498 e. The van der Waals surface area contributed by atoms with E-state index in [9.17, 15) is 0 Å². The summed E-state index contributed by atoms with van der Waals surface area (Å²) in [5.41, 5.74) is 6.27. The number of hydrogen-bond donors (Lipinski definition) is 2. The summed E-state index contributed by atoms with van der Waals surface area (Å²) in [4.78, 5) is 0. The molecule has 2 fully saturated rings. The second-order valence-corrected chi connectivity index (χ2v) is 7.48. The van der Waals surface area contributed by atoms with Crippen molar-refractivity contribution in [2.45, 2.75) is 57.3 Å². The zero-order valence-corrected chi connectivity index (χ0v) is 14.1. The van der Waals surface area contributed by atoms with Gasteiger partial charge in [-0.1, -0.05) is 0 Å². The second kappa shape index (κ2) is 5.34. The van der Waals surface area contributed by atoms with Crippen molar-refractivity contribution in [2.24, 2.45) is 5.73 Å². The predicted molar refractivity (Wildman–Crippen MR) is 87.1 cm³/mol. The van der Waals surface area contributed by atoms with E-state index in [0.717, 1.165) is 31.4 Å². The number of rotatable bonds is 3. The Hall–Kier alpha value is -0.885. The monoisotopic (exact) mass is 306 g/mol. The van der Waals surface area contributed by atoms with Gasteiger partial charge in [-0.25, -0.2) is 0 Å². The number of nitrogens with one attached hydrogen (secondary N) is 1. The zero-order chi connectivity index (χ0) is 16.0. The van der Waals surface area contributed by atoms with Crippen molar-refractivity contribution in [3.8, 4) is 0 Å². The van der Waals surface area contributed by atoms with E-state index in [-0.39, 0.29) is 23.9 Å². The van der Waals surface area contributed by atoms with Crippen LogP contribution in [0, 0.1) is 0 Å². The van der Waals surface area contributed by atoms with Crippen molar-refractivity contribution >= 4 is 12.6 Å². The van der Waals surface area contributed by atoms with Crippen LogP contribution in [0.15, 0.2) is 12.4 Å². The van der Waals surface area contributed by atoms with Gasteiger partial charge in [0.25, 0.3) is 0 Å². The molecule has 22 heavy (non-hydrogen) atoms. The van der Waals surface area contributed by atoms with Crippen LogP contribution in [0.5, 0.6) is 0 Å². The molecule has 7 heteroatoms. The van der Waals surface area contributed by atoms with Crippen LogP contribution in [-0.4, -0.2) is 47.7 Å². The smallest absolute Gasteiger partial charge is 0.399 e. The van der Waals surface area contributed by atoms with Gasteiger partial charge in [0, 0.05) is 24.4 Å². The van der Waals surface area contributed by atoms with Crippen molar-refractivity contribution < 1.29 is 9.31 Å². The molecule has 2 saturated heterocycles. The highest BCUT2D eigenvalue weighted by Crippen LogP contribution is 2.36. The normalized spacial score (nSPS) is 26.3. The average molecular weight is 306 g/mol. The first-order chi connectivity index (χ1) is 10.3. The number of nitrogens with two attached hydrogens (primary N) is 1. The fraction of sp³-hybridized carbons (Fsp3) is 0.800. The quantitative estimate of drug-likeness (QED) is 0.782. The van der Waals surface area contributed by atoms with E-state index >= 15 is 0 Å². The molecule has 1 aromatic heterocycles. The Kier molecular flexibility index (Phi) is 3.88. The van der Waals surface area contributed by atoms with Crippen molar-refractivity contribution in [1.29, 1.82) is 0 Å². The van der Waals surface area contributed by atoms with Crippen LogP contribution in [0.1, 0.15) is 40.5 Å². The van der Waals surface area contributed by atoms with Crippen LogP contribution in [-0.2, 0) is 14.8 Å². The van der Waals surface area contributed by atoms with Gasteiger partial charge in [-0.15, -0.1) is 0 Å². The first-order valence-corrected chi connectivity index (χ1v) is 8.11. The van der Waals surface area contributed by atoms with E-state index in [1.807, 2.05) is 17.1 Å². The highest BCUT2D eigenvalue weighted by atomic mass is 16.7. The van der Waals surface area contributed by atoms with Crippen LogP contribution < -0.4 is 16.5 Å². The molecule has 1 aromatic rings. The summed E-state index contributed by atoms with van der Waals surface area (Å²) >= 11 is 0. The molecule has 3 N–H and O–H groups in total. The molecule has 0 bridgehead atoms. The van der Waals surface area contributed by atoms with E-state index in [1.54, 1.807) is 0 Å². The molecule has 3 heterocycles. The molecule has 2 aliphatic heterocycles. The lowest BCUT2D eigenvalue weighted by molar-refractivity contribution is 0.00578. The lowest BCUT2D eigenvalue weighted by atomic mass is 9.81. The highest BCUT2D eigenvalue weighted by molar-refractivity contribution is 6.62. The van der Waals surface area contributed by atoms with Crippen molar-refractivity contribution in [1.82, 2.24) is 15.1 Å². The van der Waals surface area contributed by atoms with Crippen LogP contribution in [0.2, 0.25) is 0 Å². The minimum absolute atomic E-state index is 0.0901. The molecular weight excluding hydrogens is 279 g/mol. The van der Waals surface area contributed by atoms with Gasteiger partial charge in [-0.05, 0) is 53.6 Å². The standard InChI is InChI=1S/C15H27BN4O2/c1-13(2)14(3,4)22-16(21-13)12-9-19-20(10-12)15(11-17)5-7-18-8-6-15/h9-10,18H,5-8,11,17H2,1-4H3. The molecule has 0 amide bonds. The van der Waals surface area contributed by atoms with Crippen molar-refractivity contribution in [3.05, 3.63) is 12.4 Å². The third-order valence-electron chi connectivity index (χ3n) is 5.53. The summed E-state index contributed by atoms with van der Waals surface area (Å²) in [6.45, 7) is 10.8. The van der Waals surface area contributed by atoms with Gasteiger partial charge in [0.05, 0.1) is 16.7 Å². The fourth-order valence-electron chi connectivity index (χ4n) is 3.12. The van der Waals surface area contributed by atoms with Gasteiger partial charge in [-0.3, -0.25) is 4.68 Å². The number of nitrogens with zero attached hydrogens (tertiary/aromatic N) is 2.